The van der Waals surface area contributed by atoms with Gasteiger partial charge in [0.15, 0.2) is 0 Å². The summed E-state index contributed by atoms with van der Waals surface area (Å²) in [5.74, 6) is 0. The summed E-state index contributed by atoms with van der Waals surface area (Å²) in [6, 6.07) is 4.70. The number of aryl methyl sites for hydroxylation is 2. The molecule has 28 heavy (non-hydrogen) atoms. The van der Waals surface area contributed by atoms with E-state index in [0.717, 1.165) is 50.1 Å². The van der Waals surface area contributed by atoms with Gasteiger partial charge in [-0.1, -0.05) is 6.92 Å². The van der Waals surface area contributed by atoms with E-state index in [1.54, 1.807) is 6.92 Å². The van der Waals surface area contributed by atoms with Crippen LogP contribution in [0.1, 0.15) is 29.4 Å². The van der Waals surface area contributed by atoms with Gasteiger partial charge in [0, 0.05) is 55.4 Å². The Balaban J connectivity index is 1.28. The number of pyridine rings is 2. The number of likely N-dealkylation sites (tertiary alicyclic amines) is 1. The fourth-order valence-corrected chi connectivity index (χ4v) is 5.35. The van der Waals surface area contributed by atoms with Crippen molar-refractivity contribution < 1.29 is 13.2 Å². The molecule has 0 atom stereocenters. The Bertz CT molecular complexity index is 857. The maximum atomic E-state index is 12.7. The number of hydrogen-bond acceptors (Lipinski definition) is 5. The van der Waals surface area contributed by atoms with Gasteiger partial charge >= 0.3 is 6.18 Å². The minimum atomic E-state index is -4.39. The van der Waals surface area contributed by atoms with E-state index >= 15 is 0 Å². The first kappa shape index (κ1) is 19.7. The van der Waals surface area contributed by atoms with Crippen LogP contribution in [0.2, 0.25) is 0 Å². The van der Waals surface area contributed by atoms with E-state index < -0.39 is 11.9 Å². The van der Waals surface area contributed by atoms with Crippen LogP contribution in [-0.2, 0) is 19.1 Å². The molecule has 0 radical (unpaired) electrons. The zero-order chi connectivity index (χ0) is 19.9. The lowest BCUT2D eigenvalue weighted by atomic mass is 9.74. The molecule has 4 rings (SSSR count). The van der Waals surface area contributed by atoms with Crippen molar-refractivity contribution in [2.75, 3.05) is 26.2 Å². The molecule has 0 amide bonds. The largest absolute Gasteiger partial charge is 0.433 e. The number of halogens is 3. The lowest BCUT2D eigenvalue weighted by Crippen LogP contribution is -2.70. The molecule has 4 heterocycles. The number of aromatic nitrogens is 2. The molecule has 0 bridgehead atoms. The van der Waals surface area contributed by atoms with Gasteiger partial charge in [0.1, 0.15) is 5.69 Å². The topological polar surface area (TPSA) is 32.3 Å². The highest BCUT2D eigenvalue weighted by atomic mass is 32.2. The number of alkyl halides is 3. The molecule has 2 aliphatic rings. The van der Waals surface area contributed by atoms with Crippen molar-refractivity contribution in [1.82, 2.24) is 19.2 Å². The predicted octanol–water partition coefficient (Wildman–Crippen LogP) is 4.19. The van der Waals surface area contributed by atoms with Gasteiger partial charge in [-0.2, -0.15) is 13.2 Å². The first-order valence-electron chi connectivity index (χ1n) is 9.40. The molecule has 2 aliphatic heterocycles. The van der Waals surface area contributed by atoms with Crippen molar-refractivity contribution in [2.24, 2.45) is 5.41 Å². The minimum Gasteiger partial charge on any atom is -0.298 e. The van der Waals surface area contributed by atoms with E-state index in [1.165, 1.54) is 29.1 Å². The Hall–Kier alpha value is -1.64. The Morgan fingerprint density at radius 1 is 1.11 bits per heavy atom. The quantitative estimate of drug-likeness (QED) is 0.693. The van der Waals surface area contributed by atoms with Crippen LogP contribution in [-0.4, -0.2) is 45.4 Å². The van der Waals surface area contributed by atoms with Crippen LogP contribution < -0.4 is 0 Å². The second-order valence-corrected chi connectivity index (χ2v) is 8.95. The molecule has 8 heteroatoms. The summed E-state index contributed by atoms with van der Waals surface area (Å²) < 4.78 is 40.5. The normalized spacial score (nSPS) is 19.5. The van der Waals surface area contributed by atoms with Crippen LogP contribution in [0.3, 0.4) is 0 Å². The Kier molecular flexibility index (Phi) is 5.14. The van der Waals surface area contributed by atoms with Gasteiger partial charge < -0.3 is 0 Å². The van der Waals surface area contributed by atoms with Gasteiger partial charge in [-0.15, -0.1) is 0 Å². The standard InChI is InChI=1S/C20H23F3N4S/c1-3-15-8-24-7-6-16(15)9-26-10-19(11-26)12-27(13-19)28-17-4-5-18(20(21,22)23)25-14(17)2/h4-8H,3,9-13H2,1-2H3. The van der Waals surface area contributed by atoms with Crippen LogP contribution in [0.15, 0.2) is 35.5 Å². The van der Waals surface area contributed by atoms with Crippen molar-refractivity contribution in [1.29, 1.82) is 0 Å². The maximum absolute atomic E-state index is 12.7. The summed E-state index contributed by atoms with van der Waals surface area (Å²) in [5, 5.41) is 0. The second-order valence-electron chi connectivity index (χ2n) is 7.81. The van der Waals surface area contributed by atoms with Crippen molar-refractivity contribution >= 4 is 11.9 Å². The molecule has 2 aromatic rings. The number of nitrogens with zero attached hydrogens (tertiary/aromatic N) is 4. The molecule has 0 aromatic carbocycles. The molecule has 0 aliphatic carbocycles. The first-order chi connectivity index (χ1) is 13.3. The molecular formula is C20H23F3N4S. The Labute approximate surface area is 167 Å². The van der Waals surface area contributed by atoms with E-state index in [1.807, 2.05) is 12.4 Å². The van der Waals surface area contributed by atoms with E-state index in [0.29, 0.717) is 11.1 Å². The number of rotatable bonds is 5. The summed E-state index contributed by atoms with van der Waals surface area (Å²) in [7, 11) is 0. The van der Waals surface area contributed by atoms with Crippen molar-refractivity contribution in [3.63, 3.8) is 0 Å². The van der Waals surface area contributed by atoms with Gasteiger partial charge in [-0.25, -0.2) is 9.29 Å². The summed E-state index contributed by atoms with van der Waals surface area (Å²) in [6.07, 6.45) is 0.406. The molecule has 4 nitrogen and oxygen atoms in total. The first-order valence-corrected chi connectivity index (χ1v) is 10.2. The minimum absolute atomic E-state index is 0.333. The summed E-state index contributed by atoms with van der Waals surface area (Å²) in [4.78, 5) is 11.2. The third-order valence-electron chi connectivity index (χ3n) is 5.48. The highest BCUT2D eigenvalue weighted by Crippen LogP contribution is 2.45. The molecule has 2 fully saturated rings. The van der Waals surface area contributed by atoms with Crippen molar-refractivity contribution in [3.8, 4) is 0 Å². The Morgan fingerprint density at radius 2 is 1.86 bits per heavy atom. The van der Waals surface area contributed by atoms with Crippen LogP contribution in [0.4, 0.5) is 13.2 Å². The molecule has 0 unspecified atom stereocenters. The van der Waals surface area contributed by atoms with Crippen molar-refractivity contribution in [2.45, 2.75) is 37.9 Å². The third-order valence-corrected chi connectivity index (χ3v) is 6.62. The molecule has 0 saturated carbocycles. The van der Waals surface area contributed by atoms with Crippen LogP contribution in [0, 0.1) is 12.3 Å². The summed E-state index contributed by atoms with van der Waals surface area (Å²) >= 11 is 1.52. The average Bonchev–Trinajstić information content (AvgIpc) is 2.58. The molecule has 2 saturated heterocycles. The summed E-state index contributed by atoms with van der Waals surface area (Å²) in [6.45, 7) is 8.81. The second kappa shape index (κ2) is 7.31. The molecule has 150 valence electrons. The molecular weight excluding hydrogens is 385 g/mol. The van der Waals surface area contributed by atoms with Crippen LogP contribution in [0.25, 0.3) is 0 Å². The lowest BCUT2D eigenvalue weighted by molar-refractivity contribution is -0.141. The van der Waals surface area contributed by atoms with E-state index in [9.17, 15) is 13.2 Å². The SMILES string of the molecule is CCc1cnccc1CN1CC2(C1)CN(Sc1ccc(C(F)(F)F)nc1C)C2. The average molecular weight is 408 g/mol. The van der Waals surface area contributed by atoms with Gasteiger partial charge in [0.2, 0.25) is 0 Å². The van der Waals surface area contributed by atoms with E-state index in [-0.39, 0.29) is 0 Å². The van der Waals surface area contributed by atoms with Crippen molar-refractivity contribution in [3.05, 3.63) is 53.1 Å². The maximum Gasteiger partial charge on any atom is 0.433 e. The van der Waals surface area contributed by atoms with E-state index in [4.69, 9.17) is 0 Å². The smallest absolute Gasteiger partial charge is 0.298 e. The Morgan fingerprint density at radius 3 is 2.50 bits per heavy atom. The van der Waals surface area contributed by atoms with Crippen LogP contribution in [0.5, 0.6) is 0 Å². The molecule has 0 N–H and O–H groups in total. The fourth-order valence-electron chi connectivity index (χ4n) is 4.09. The van der Waals surface area contributed by atoms with Gasteiger partial charge in [0.25, 0.3) is 0 Å². The molecule has 1 spiro atoms. The highest BCUT2D eigenvalue weighted by Gasteiger charge is 2.51. The lowest BCUT2D eigenvalue weighted by Gasteiger charge is -2.60. The fraction of sp³-hybridized carbons (Fsp3) is 0.500. The van der Waals surface area contributed by atoms with Gasteiger partial charge in [-0.05, 0) is 54.6 Å². The summed E-state index contributed by atoms with van der Waals surface area (Å²) in [5.41, 5.74) is 2.59. The molecule has 2 aromatic heterocycles. The van der Waals surface area contributed by atoms with Gasteiger partial charge in [-0.3, -0.25) is 9.88 Å². The predicted molar refractivity (Wildman–Crippen MR) is 103 cm³/mol. The van der Waals surface area contributed by atoms with E-state index in [2.05, 4.69) is 32.2 Å². The zero-order valence-electron chi connectivity index (χ0n) is 16.0. The third kappa shape index (κ3) is 3.90. The van der Waals surface area contributed by atoms with Gasteiger partial charge in [0.05, 0.1) is 5.69 Å². The highest BCUT2D eigenvalue weighted by molar-refractivity contribution is 7.97. The zero-order valence-corrected chi connectivity index (χ0v) is 16.8. The number of hydrogen-bond donors (Lipinski definition) is 0. The van der Waals surface area contributed by atoms with Crippen LogP contribution >= 0.6 is 11.9 Å². The monoisotopic (exact) mass is 408 g/mol.